The summed E-state index contributed by atoms with van der Waals surface area (Å²) in [5.74, 6) is -0.734. The summed E-state index contributed by atoms with van der Waals surface area (Å²) < 4.78 is 10.2. The number of rotatable bonds is 5. The number of hydrogen-bond donors (Lipinski definition) is 1. The highest BCUT2D eigenvalue weighted by Gasteiger charge is 2.31. The molecule has 0 aliphatic heterocycles. The van der Waals surface area contributed by atoms with Crippen LogP contribution in [0.2, 0.25) is 0 Å². The van der Waals surface area contributed by atoms with E-state index in [1.54, 1.807) is 32.0 Å². The number of aromatic hydroxyl groups is 1. The molecule has 0 fully saturated rings. The molecule has 5 heteroatoms. The first kappa shape index (κ1) is 19.0. The lowest BCUT2D eigenvalue weighted by atomic mass is 9.90. The number of fused-ring (bicyclic) bond motifs is 1. The molecule has 0 bridgehead atoms. The molecule has 142 valence electrons. The van der Waals surface area contributed by atoms with Crippen molar-refractivity contribution in [3.63, 3.8) is 0 Å². The SMILES string of the molecule is CCOC(=O)c1ccc(-c2cc(O)c(C(=O)OCC)c3c2CCC3C)cc1. The predicted molar refractivity (Wildman–Crippen MR) is 102 cm³/mol. The van der Waals surface area contributed by atoms with Gasteiger partial charge in [0.25, 0.3) is 0 Å². The van der Waals surface area contributed by atoms with Gasteiger partial charge in [-0.3, -0.25) is 0 Å². The number of ether oxygens (including phenoxy) is 2. The Morgan fingerprint density at radius 1 is 1.07 bits per heavy atom. The summed E-state index contributed by atoms with van der Waals surface area (Å²) in [7, 11) is 0. The summed E-state index contributed by atoms with van der Waals surface area (Å²) in [5.41, 5.74) is 4.47. The average molecular weight is 368 g/mol. The van der Waals surface area contributed by atoms with Gasteiger partial charge in [0.2, 0.25) is 0 Å². The molecule has 0 saturated carbocycles. The number of carbonyl (C=O) groups excluding carboxylic acids is 2. The van der Waals surface area contributed by atoms with Crippen molar-refractivity contribution >= 4 is 11.9 Å². The minimum absolute atomic E-state index is 0.0644. The fourth-order valence-corrected chi connectivity index (χ4v) is 3.72. The van der Waals surface area contributed by atoms with Crippen LogP contribution < -0.4 is 0 Å². The van der Waals surface area contributed by atoms with Gasteiger partial charge in [-0.2, -0.15) is 0 Å². The van der Waals surface area contributed by atoms with Crippen molar-refractivity contribution in [1.29, 1.82) is 0 Å². The lowest BCUT2D eigenvalue weighted by Crippen LogP contribution is -2.10. The second-order valence-electron chi connectivity index (χ2n) is 6.67. The molecule has 0 radical (unpaired) electrons. The largest absolute Gasteiger partial charge is 0.507 e. The van der Waals surface area contributed by atoms with Crippen LogP contribution in [0.25, 0.3) is 11.1 Å². The van der Waals surface area contributed by atoms with Gasteiger partial charge >= 0.3 is 11.9 Å². The zero-order chi connectivity index (χ0) is 19.6. The van der Waals surface area contributed by atoms with Gasteiger partial charge in [0.1, 0.15) is 11.3 Å². The molecule has 2 aromatic carbocycles. The predicted octanol–water partition coefficient (Wildman–Crippen LogP) is 4.46. The van der Waals surface area contributed by atoms with Crippen molar-refractivity contribution < 1.29 is 24.2 Å². The first-order valence-electron chi connectivity index (χ1n) is 9.31. The third-order valence-electron chi connectivity index (χ3n) is 4.96. The number of phenols is 1. The lowest BCUT2D eigenvalue weighted by molar-refractivity contribution is 0.0513. The Hall–Kier alpha value is -2.82. The fraction of sp³-hybridized carbons (Fsp3) is 0.364. The zero-order valence-corrected chi connectivity index (χ0v) is 15.9. The third-order valence-corrected chi connectivity index (χ3v) is 4.96. The number of esters is 2. The molecule has 0 heterocycles. The normalized spacial score (nSPS) is 15.3. The Morgan fingerprint density at radius 3 is 2.33 bits per heavy atom. The maximum Gasteiger partial charge on any atom is 0.342 e. The van der Waals surface area contributed by atoms with E-state index in [0.717, 1.165) is 35.1 Å². The Bertz CT molecular complexity index is 867. The Kier molecular flexibility index (Phi) is 5.49. The van der Waals surface area contributed by atoms with E-state index in [0.29, 0.717) is 12.2 Å². The van der Waals surface area contributed by atoms with E-state index in [-0.39, 0.29) is 29.8 Å². The summed E-state index contributed by atoms with van der Waals surface area (Å²) in [4.78, 5) is 24.2. The van der Waals surface area contributed by atoms with Crippen LogP contribution in [0.4, 0.5) is 0 Å². The number of benzene rings is 2. The molecule has 5 nitrogen and oxygen atoms in total. The van der Waals surface area contributed by atoms with Gasteiger partial charge in [0.15, 0.2) is 0 Å². The Labute approximate surface area is 158 Å². The zero-order valence-electron chi connectivity index (χ0n) is 15.9. The Morgan fingerprint density at radius 2 is 1.70 bits per heavy atom. The lowest BCUT2D eigenvalue weighted by Gasteiger charge is -2.17. The highest BCUT2D eigenvalue weighted by Crippen LogP contribution is 2.44. The summed E-state index contributed by atoms with van der Waals surface area (Å²) in [6.45, 7) is 6.16. The number of phenolic OH excluding ortho intramolecular Hbond substituents is 1. The van der Waals surface area contributed by atoms with Crippen LogP contribution in [0, 0.1) is 0 Å². The Balaban J connectivity index is 2.06. The van der Waals surface area contributed by atoms with Crippen LogP contribution in [0.1, 0.15) is 65.0 Å². The highest BCUT2D eigenvalue weighted by molar-refractivity contribution is 5.97. The van der Waals surface area contributed by atoms with Crippen molar-refractivity contribution in [2.24, 2.45) is 0 Å². The first-order valence-corrected chi connectivity index (χ1v) is 9.31. The maximum absolute atomic E-state index is 12.4. The highest BCUT2D eigenvalue weighted by atomic mass is 16.5. The molecule has 1 aliphatic rings. The van der Waals surface area contributed by atoms with Gasteiger partial charge < -0.3 is 14.6 Å². The molecular formula is C22H24O5. The minimum Gasteiger partial charge on any atom is -0.507 e. The summed E-state index contributed by atoms with van der Waals surface area (Å²) in [6.07, 6.45) is 1.75. The van der Waals surface area contributed by atoms with E-state index >= 15 is 0 Å². The summed E-state index contributed by atoms with van der Waals surface area (Å²) >= 11 is 0. The third kappa shape index (κ3) is 3.54. The van der Waals surface area contributed by atoms with Gasteiger partial charge in [-0.25, -0.2) is 9.59 Å². The van der Waals surface area contributed by atoms with E-state index in [1.165, 1.54) is 0 Å². The van der Waals surface area contributed by atoms with E-state index in [2.05, 4.69) is 6.92 Å². The van der Waals surface area contributed by atoms with E-state index in [9.17, 15) is 14.7 Å². The second-order valence-corrected chi connectivity index (χ2v) is 6.67. The molecule has 0 amide bonds. The van der Waals surface area contributed by atoms with Crippen LogP contribution in [0.15, 0.2) is 30.3 Å². The van der Waals surface area contributed by atoms with Crippen LogP contribution >= 0.6 is 0 Å². The van der Waals surface area contributed by atoms with Crippen molar-refractivity contribution in [3.8, 4) is 16.9 Å². The molecule has 27 heavy (non-hydrogen) atoms. The smallest absolute Gasteiger partial charge is 0.342 e. The summed E-state index contributed by atoms with van der Waals surface area (Å²) in [5, 5.41) is 10.6. The van der Waals surface area contributed by atoms with Crippen LogP contribution in [-0.4, -0.2) is 30.3 Å². The number of hydrogen-bond acceptors (Lipinski definition) is 5. The fourth-order valence-electron chi connectivity index (χ4n) is 3.72. The molecule has 1 unspecified atom stereocenters. The first-order chi connectivity index (χ1) is 13.0. The molecule has 3 rings (SSSR count). The summed E-state index contributed by atoms with van der Waals surface area (Å²) in [6, 6.07) is 8.74. The van der Waals surface area contributed by atoms with Gasteiger partial charge in [0.05, 0.1) is 18.8 Å². The second kappa shape index (κ2) is 7.82. The van der Waals surface area contributed by atoms with Crippen molar-refractivity contribution in [2.45, 2.75) is 39.5 Å². The van der Waals surface area contributed by atoms with Gasteiger partial charge in [0, 0.05) is 0 Å². The molecule has 0 spiro atoms. The molecule has 1 N–H and O–H groups in total. The molecule has 0 saturated heterocycles. The van der Waals surface area contributed by atoms with E-state index in [1.807, 2.05) is 12.1 Å². The van der Waals surface area contributed by atoms with Crippen molar-refractivity contribution in [3.05, 3.63) is 52.6 Å². The topological polar surface area (TPSA) is 72.8 Å². The van der Waals surface area contributed by atoms with Gasteiger partial charge in [-0.05, 0) is 73.1 Å². The van der Waals surface area contributed by atoms with Crippen LogP contribution in [0.5, 0.6) is 5.75 Å². The molecule has 2 aromatic rings. The minimum atomic E-state index is -0.482. The maximum atomic E-state index is 12.4. The van der Waals surface area contributed by atoms with Gasteiger partial charge in [-0.15, -0.1) is 0 Å². The van der Waals surface area contributed by atoms with E-state index < -0.39 is 5.97 Å². The van der Waals surface area contributed by atoms with E-state index in [4.69, 9.17) is 9.47 Å². The van der Waals surface area contributed by atoms with Crippen molar-refractivity contribution in [1.82, 2.24) is 0 Å². The average Bonchev–Trinajstić information content (AvgIpc) is 3.03. The quantitative estimate of drug-likeness (QED) is 0.789. The van der Waals surface area contributed by atoms with Crippen LogP contribution in [0.3, 0.4) is 0 Å². The molecule has 0 aromatic heterocycles. The molecule has 1 atom stereocenters. The molecular weight excluding hydrogens is 344 g/mol. The van der Waals surface area contributed by atoms with Crippen LogP contribution in [-0.2, 0) is 15.9 Å². The van der Waals surface area contributed by atoms with Gasteiger partial charge in [-0.1, -0.05) is 19.1 Å². The number of carbonyl (C=O) groups is 2. The standard InChI is InChI=1S/C22H24O5/c1-4-26-21(24)15-9-7-14(8-10-15)17-12-18(23)20(22(25)27-5-2)19-13(3)6-11-16(17)19/h7-10,12-13,23H,4-6,11H2,1-3H3. The monoisotopic (exact) mass is 368 g/mol. The van der Waals surface area contributed by atoms with Crippen molar-refractivity contribution in [2.75, 3.05) is 13.2 Å². The molecule has 1 aliphatic carbocycles.